The fraction of sp³-hybridized carbons (Fsp3) is 0.500. The monoisotopic (exact) mass is 333 g/mol. The van der Waals surface area contributed by atoms with E-state index < -0.39 is 5.97 Å². The molecule has 1 saturated carbocycles. The van der Waals surface area contributed by atoms with Gasteiger partial charge in [0.15, 0.2) is 19.5 Å². The molecule has 1 amide bonds. The SMILES string of the molecule is CC1CCC(NC(=O)COC(=O)COc2ccccc2C=O)CC1. The Balaban J connectivity index is 1.67. The first kappa shape index (κ1) is 18.0. The Labute approximate surface area is 141 Å². The lowest BCUT2D eigenvalue weighted by atomic mass is 9.87. The predicted octanol–water partition coefficient (Wildman–Crippen LogP) is 2.12. The van der Waals surface area contributed by atoms with E-state index in [1.165, 1.54) is 0 Å². The molecule has 6 heteroatoms. The molecule has 24 heavy (non-hydrogen) atoms. The standard InChI is InChI=1S/C18H23NO5/c1-13-6-8-15(9-7-13)19-17(21)11-24-18(22)12-23-16-5-3-2-4-14(16)10-20/h2-5,10,13,15H,6-9,11-12H2,1H3,(H,19,21). The van der Waals surface area contributed by atoms with Crippen molar-refractivity contribution in [2.24, 2.45) is 5.92 Å². The van der Waals surface area contributed by atoms with E-state index in [1.54, 1.807) is 24.3 Å². The number of rotatable bonds is 7. The van der Waals surface area contributed by atoms with Crippen molar-refractivity contribution in [1.82, 2.24) is 5.32 Å². The molecule has 1 aliphatic carbocycles. The molecule has 0 aromatic heterocycles. The molecule has 0 spiro atoms. The summed E-state index contributed by atoms with van der Waals surface area (Å²) in [6.45, 7) is 1.55. The second kappa shape index (κ2) is 9.05. The summed E-state index contributed by atoms with van der Waals surface area (Å²) in [5.41, 5.74) is 0.356. The number of nitrogens with one attached hydrogen (secondary N) is 1. The number of ether oxygens (including phenoxy) is 2. The third-order valence-corrected chi connectivity index (χ3v) is 4.14. The number of esters is 1. The Morgan fingerprint density at radius 3 is 2.58 bits per heavy atom. The van der Waals surface area contributed by atoms with Gasteiger partial charge in [0.25, 0.3) is 5.91 Å². The number of benzene rings is 1. The van der Waals surface area contributed by atoms with Crippen LogP contribution < -0.4 is 10.1 Å². The van der Waals surface area contributed by atoms with Crippen LogP contribution in [0.4, 0.5) is 0 Å². The Kier molecular flexibility index (Phi) is 6.78. The van der Waals surface area contributed by atoms with Gasteiger partial charge in [-0.05, 0) is 43.7 Å². The molecule has 0 atom stereocenters. The maximum absolute atomic E-state index is 11.8. The molecule has 1 fully saturated rings. The fourth-order valence-corrected chi connectivity index (χ4v) is 2.71. The zero-order chi connectivity index (χ0) is 17.4. The van der Waals surface area contributed by atoms with Crippen LogP contribution in [0, 0.1) is 5.92 Å². The molecule has 130 valence electrons. The summed E-state index contributed by atoms with van der Waals surface area (Å²) in [5, 5.41) is 2.88. The maximum atomic E-state index is 11.8. The van der Waals surface area contributed by atoms with Gasteiger partial charge in [-0.15, -0.1) is 0 Å². The summed E-state index contributed by atoms with van der Waals surface area (Å²) in [6, 6.07) is 6.75. The first-order valence-electron chi connectivity index (χ1n) is 8.20. The first-order chi connectivity index (χ1) is 11.6. The van der Waals surface area contributed by atoms with Crippen LogP contribution in [0.3, 0.4) is 0 Å². The largest absolute Gasteiger partial charge is 0.481 e. The molecule has 0 heterocycles. The average molecular weight is 333 g/mol. The van der Waals surface area contributed by atoms with Gasteiger partial charge in [0.2, 0.25) is 0 Å². The van der Waals surface area contributed by atoms with Gasteiger partial charge in [0, 0.05) is 6.04 Å². The highest BCUT2D eigenvalue weighted by molar-refractivity contribution is 5.82. The first-order valence-corrected chi connectivity index (χ1v) is 8.20. The van der Waals surface area contributed by atoms with Gasteiger partial charge >= 0.3 is 5.97 Å². The van der Waals surface area contributed by atoms with Crippen molar-refractivity contribution in [2.45, 2.75) is 38.6 Å². The fourth-order valence-electron chi connectivity index (χ4n) is 2.71. The molecule has 0 radical (unpaired) electrons. The van der Waals surface area contributed by atoms with Crippen molar-refractivity contribution in [1.29, 1.82) is 0 Å². The molecule has 0 saturated heterocycles. The van der Waals surface area contributed by atoms with Gasteiger partial charge < -0.3 is 14.8 Å². The predicted molar refractivity (Wildman–Crippen MR) is 87.8 cm³/mol. The molecule has 0 bridgehead atoms. The number of carbonyl (C=O) groups excluding carboxylic acids is 3. The van der Waals surface area contributed by atoms with E-state index in [1.807, 2.05) is 0 Å². The third kappa shape index (κ3) is 5.68. The van der Waals surface area contributed by atoms with Crippen molar-refractivity contribution >= 4 is 18.2 Å². The second-order valence-corrected chi connectivity index (χ2v) is 6.13. The van der Waals surface area contributed by atoms with E-state index in [0.29, 0.717) is 23.5 Å². The summed E-state index contributed by atoms with van der Waals surface area (Å²) in [4.78, 5) is 34.3. The van der Waals surface area contributed by atoms with Crippen LogP contribution in [-0.2, 0) is 14.3 Å². The Bertz CT molecular complexity index is 579. The number of aldehydes is 1. The Morgan fingerprint density at radius 1 is 1.17 bits per heavy atom. The van der Waals surface area contributed by atoms with Crippen molar-refractivity contribution in [3.63, 3.8) is 0 Å². The van der Waals surface area contributed by atoms with Gasteiger partial charge in [0.1, 0.15) is 5.75 Å². The van der Waals surface area contributed by atoms with Crippen LogP contribution in [-0.4, -0.2) is 37.4 Å². The van der Waals surface area contributed by atoms with Gasteiger partial charge in [-0.25, -0.2) is 4.79 Å². The van der Waals surface area contributed by atoms with E-state index >= 15 is 0 Å². The van der Waals surface area contributed by atoms with E-state index in [2.05, 4.69) is 12.2 Å². The minimum Gasteiger partial charge on any atom is -0.481 e. The van der Waals surface area contributed by atoms with Crippen LogP contribution in [0.15, 0.2) is 24.3 Å². The minimum atomic E-state index is -0.650. The number of hydrogen-bond donors (Lipinski definition) is 1. The summed E-state index contributed by atoms with van der Waals surface area (Å²) in [6.07, 6.45) is 4.79. The van der Waals surface area contributed by atoms with Crippen molar-refractivity contribution in [2.75, 3.05) is 13.2 Å². The van der Waals surface area contributed by atoms with E-state index in [4.69, 9.17) is 9.47 Å². The number of carbonyl (C=O) groups is 3. The molecular weight excluding hydrogens is 310 g/mol. The van der Waals surface area contributed by atoms with Gasteiger partial charge in [-0.2, -0.15) is 0 Å². The molecule has 1 aromatic rings. The molecule has 0 unspecified atom stereocenters. The lowest BCUT2D eigenvalue weighted by Crippen LogP contribution is -2.39. The highest BCUT2D eigenvalue weighted by Crippen LogP contribution is 2.23. The van der Waals surface area contributed by atoms with E-state index in [-0.39, 0.29) is 25.2 Å². The highest BCUT2D eigenvalue weighted by Gasteiger charge is 2.20. The maximum Gasteiger partial charge on any atom is 0.344 e. The summed E-state index contributed by atoms with van der Waals surface area (Å²) < 4.78 is 10.1. The molecule has 2 rings (SSSR count). The van der Waals surface area contributed by atoms with Crippen LogP contribution >= 0.6 is 0 Å². The summed E-state index contributed by atoms with van der Waals surface area (Å²) in [7, 11) is 0. The molecule has 1 aromatic carbocycles. The van der Waals surface area contributed by atoms with Crippen molar-refractivity contribution < 1.29 is 23.9 Å². The topological polar surface area (TPSA) is 81.7 Å². The lowest BCUT2D eigenvalue weighted by molar-refractivity contribution is -0.150. The molecule has 1 N–H and O–H groups in total. The van der Waals surface area contributed by atoms with Gasteiger partial charge in [0.05, 0.1) is 5.56 Å². The number of hydrogen-bond acceptors (Lipinski definition) is 5. The zero-order valence-corrected chi connectivity index (χ0v) is 13.8. The number of para-hydroxylation sites is 1. The average Bonchev–Trinajstić information content (AvgIpc) is 2.60. The smallest absolute Gasteiger partial charge is 0.344 e. The molecule has 0 aliphatic heterocycles. The van der Waals surface area contributed by atoms with Crippen LogP contribution in [0.2, 0.25) is 0 Å². The number of amides is 1. The Morgan fingerprint density at radius 2 is 1.88 bits per heavy atom. The van der Waals surface area contributed by atoms with Crippen LogP contribution in [0.5, 0.6) is 5.75 Å². The highest BCUT2D eigenvalue weighted by atomic mass is 16.6. The second-order valence-electron chi connectivity index (χ2n) is 6.13. The summed E-state index contributed by atoms with van der Waals surface area (Å²) in [5.74, 6) is 0.0758. The van der Waals surface area contributed by atoms with Gasteiger partial charge in [-0.3, -0.25) is 9.59 Å². The molecule has 6 nitrogen and oxygen atoms in total. The van der Waals surface area contributed by atoms with E-state index in [0.717, 1.165) is 25.7 Å². The van der Waals surface area contributed by atoms with Gasteiger partial charge in [-0.1, -0.05) is 19.1 Å². The minimum absolute atomic E-state index is 0.170. The third-order valence-electron chi connectivity index (χ3n) is 4.14. The summed E-state index contributed by atoms with van der Waals surface area (Å²) >= 11 is 0. The zero-order valence-electron chi connectivity index (χ0n) is 13.8. The molecule has 1 aliphatic rings. The normalized spacial score (nSPS) is 20.0. The van der Waals surface area contributed by atoms with Crippen molar-refractivity contribution in [3.05, 3.63) is 29.8 Å². The van der Waals surface area contributed by atoms with Crippen LogP contribution in [0.1, 0.15) is 43.0 Å². The lowest BCUT2D eigenvalue weighted by Gasteiger charge is -2.26. The van der Waals surface area contributed by atoms with Crippen molar-refractivity contribution in [3.8, 4) is 5.75 Å². The molecular formula is C18H23NO5. The quantitative estimate of drug-likeness (QED) is 0.610. The van der Waals surface area contributed by atoms with Crippen LogP contribution in [0.25, 0.3) is 0 Å². The Hall–Kier alpha value is -2.37. The van der Waals surface area contributed by atoms with E-state index in [9.17, 15) is 14.4 Å².